The molecule has 1 aromatic heterocycles. The molecule has 2 aromatic rings. The molecule has 100 valence electrons. The minimum Gasteiger partial charge on any atom is -0.481 e. The molecule has 0 aliphatic heterocycles. The smallest absolute Gasteiger partial charge is 0.306 e. The largest absolute Gasteiger partial charge is 0.481 e. The van der Waals surface area contributed by atoms with E-state index in [1.165, 1.54) is 10.9 Å². The minimum absolute atomic E-state index is 0.158. The number of aliphatic carboxylic acids is 1. The van der Waals surface area contributed by atoms with E-state index in [4.69, 9.17) is 9.52 Å². The number of carboxylic acid groups (broad SMARTS) is 1. The molecule has 0 saturated heterocycles. The van der Waals surface area contributed by atoms with Crippen molar-refractivity contribution in [3.05, 3.63) is 35.6 Å². The molecule has 3 heteroatoms. The number of furan rings is 1. The molecule has 1 saturated carbocycles. The van der Waals surface area contributed by atoms with Crippen LogP contribution in [0.25, 0.3) is 11.0 Å². The first-order chi connectivity index (χ1) is 9.16. The van der Waals surface area contributed by atoms with E-state index in [9.17, 15) is 4.79 Å². The molecule has 1 aliphatic carbocycles. The van der Waals surface area contributed by atoms with E-state index in [-0.39, 0.29) is 5.92 Å². The fraction of sp³-hybridized carbons (Fsp3) is 0.438. The fourth-order valence-electron chi connectivity index (χ4n) is 3.32. The van der Waals surface area contributed by atoms with Gasteiger partial charge >= 0.3 is 5.97 Å². The van der Waals surface area contributed by atoms with Crippen LogP contribution in [0.2, 0.25) is 0 Å². The Hall–Kier alpha value is -1.77. The molecule has 0 unspecified atom stereocenters. The topological polar surface area (TPSA) is 50.4 Å². The van der Waals surface area contributed by atoms with Gasteiger partial charge in [0.2, 0.25) is 0 Å². The number of carboxylic acids is 1. The molecule has 1 N–H and O–H groups in total. The highest BCUT2D eigenvalue weighted by Crippen LogP contribution is 2.41. The van der Waals surface area contributed by atoms with Gasteiger partial charge in [-0.1, -0.05) is 18.2 Å². The number of para-hydroxylation sites is 1. The van der Waals surface area contributed by atoms with Gasteiger partial charge in [0.25, 0.3) is 0 Å². The lowest BCUT2D eigenvalue weighted by atomic mass is 9.78. The van der Waals surface area contributed by atoms with Crippen LogP contribution in [0.1, 0.15) is 42.9 Å². The molecule has 1 heterocycles. The van der Waals surface area contributed by atoms with Crippen molar-refractivity contribution in [1.82, 2.24) is 0 Å². The number of hydrogen-bond donors (Lipinski definition) is 1. The van der Waals surface area contributed by atoms with Crippen molar-refractivity contribution in [1.29, 1.82) is 0 Å². The number of hydrogen-bond acceptors (Lipinski definition) is 2. The van der Waals surface area contributed by atoms with Gasteiger partial charge < -0.3 is 9.52 Å². The molecular formula is C16H18O3. The second kappa shape index (κ2) is 4.72. The Morgan fingerprint density at radius 1 is 1.21 bits per heavy atom. The van der Waals surface area contributed by atoms with Gasteiger partial charge in [0.05, 0.1) is 5.92 Å². The zero-order valence-corrected chi connectivity index (χ0v) is 11.1. The second-order valence-electron chi connectivity index (χ2n) is 5.45. The van der Waals surface area contributed by atoms with E-state index in [0.29, 0.717) is 5.92 Å². The predicted octanol–water partition coefficient (Wildman–Crippen LogP) is 4.10. The second-order valence-corrected chi connectivity index (χ2v) is 5.45. The van der Waals surface area contributed by atoms with Crippen molar-refractivity contribution in [3.63, 3.8) is 0 Å². The summed E-state index contributed by atoms with van der Waals surface area (Å²) in [5, 5.41) is 10.3. The number of fused-ring (bicyclic) bond motifs is 1. The maximum atomic E-state index is 11.0. The zero-order valence-electron chi connectivity index (χ0n) is 11.1. The van der Waals surface area contributed by atoms with Crippen molar-refractivity contribution >= 4 is 16.9 Å². The van der Waals surface area contributed by atoms with Gasteiger partial charge in [0, 0.05) is 10.9 Å². The highest BCUT2D eigenvalue weighted by molar-refractivity contribution is 5.82. The van der Waals surface area contributed by atoms with Crippen molar-refractivity contribution in [3.8, 4) is 0 Å². The highest BCUT2D eigenvalue weighted by atomic mass is 16.4. The van der Waals surface area contributed by atoms with Crippen LogP contribution < -0.4 is 0 Å². The van der Waals surface area contributed by atoms with Crippen molar-refractivity contribution in [2.75, 3.05) is 0 Å². The molecule has 0 bridgehead atoms. The summed E-state index contributed by atoms with van der Waals surface area (Å²) < 4.78 is 5.81. The quantitative estimate of drug-likeness (QED) is 0.882. The van der Waals surface area contributed by atoms with Gasteiger partial charge in [-0.05, 0) is 44.6 Å². The van der Waals surface area contributed by atoms with Gasteiger partial charge in [-0.25, -0.2) is 0 Å². The molecule has 0 amide bonds. The van der Waals surface area contributed by atoms with Crippen molar-refractivity contribution in [2.45, 2.75) is 38.5 Å². The maximum absolute atomic E-state index is 11.0. The normalized spacial score (nSPS) is 23.6. The lowest BCUT2D eigenvalue weighted by Crippen LogP contribution is -2.20. The van der Waals surface area contributed by atoms with E-state index in [2.05, 4.69) is 6.07 Å². The van der Waals surface area contributed by atoms with Gasteiger partial charge in [-0.3, -0.25) is 4.79 Å². The van der Waals surface area contributed by atoms with E-state index in [1.807, 2.05) is 25.1 Å². The Balaban J connectivity index is 1.89. The maximum Gasteiger partial charge on any atom is 0.306 e. The monoisotopic (exact) mass is 258 g/mol. The summed E-state index contributed by atoms with van der Waals surface area (Å²) in [6, 6.07) is 8.11. The summed E-state index contributed by atoms with van der Waals surface area (Å²) in [4.78, 5) is 11.0. The molecule has 3 rings (SSSR count). The average molecular weight is 258 g/mol. The third-order valence-corrected chi connectivity index (χ3v) is 4.30. The predicted molar refractivity (Wildman–Crippen MR) is 73.3 cm³/mol. The van der Waals surface area contributed by atoms with Crippen LogP contribution in [0.3, 0.4) is 0 Å². The molecule has 3 nitrogen and oxygen atoms in total. The summed E-state index contributed by atoms with van der Waals surface area (Å²) in [6.07, 6.45) is 3.45. The molecule has 0 radical (unpaired) electrons. The standard InChI is InChI=1S/C16H18O3/c1-10-15(13-4-2-3-5-14(13)19-10)11-6-8-12(9-7-11)16(17)18/h2-5,11-12H,6-9H2,1H3,(H,17,18). The van der Waals surface area contributed by atoms with Crippen molar-refractivity contribution < 1.29 is 14.3 Å². The molecule has 0 spiro atoms. The Morgan fingerprint density at radius 3 is 2.58 bits per heavy atom. The van der Waals surface area contributed by atoms with Gasteiger partial charge in [0.15, 0.2) is 0 Å². The average Bonchev–Trinajstić information content (AvgIpc) is 2.74. The van der Waals surface area contributed by atoms with Crippen LogP contribution in [0, 0.1) is 12.8 Å². The summed E-state index contributed by atoms with van der Waals surface area (Å²) in [7, 11) is 0. The third-order valence-electron chi connectivity index (χ3n) is 4.30. The Labute approximate surface area is 112 Å². The Kier molecular flexibility index (Phi) is 3.05. The van der Waals surface area contributed by atoms with Crippen molar-refractivity contribution in [2.24, 2.45) is 5.92 Å². The first kappa shape index (κ1) is 12.3. The van der Waals surface area contributed by atoms with Gasteiger partial charge in [-0.15, -0.1) is 0 Å². The van der Waals surface area contributed by atoms with E-state index in [0.717, 1.165) is 37.0 Å². The van der Waals surface area contributed by atoms with E-state index in [1.54, 1.807) is 0 Å². The molecule has 1 aromatic carbocycles. The Bertz CT molecular complexity index is 603. The first-order valence-corrected chi connectivity index (χ1v) is 6.87. The van der Waals surface area contributed by atoms with Crippen LogP contribution in [0.4, 0.5) is 0 Å². The first-order valence-electron chi connectivity index (χ1n) is 6.87. The number of benzene rings is 1. The molecule has 0 atom stereocenters. The summed E-state index contributed by atoms with van der Waals surface area (Å²) in [5.74, 6) is 0.626. The van der Waals surface area contributed by atoms with Gasteiger partial charge in [-0.2, -0.15) is 0 Å². The van der Waals surface area contributed by atoms with E-state index < -0.39 is 5.97 Å². The van der Waals surface area contributed by atoms with Crippen LogP contribution in [0.15, 0.2) is 28.7 Å². The summed E-state index contributed by atoms with van der Waals surface area (Å²) in [5.41, 5.74) is 2.23. The fourth-order valence-corrected chi connectivity index (χ4v) is 3.32. The lowest BCUT2D eigenvalue weighted by Gasteiger charge is -2.26. The summed E-state index contributed by atoms with van der Waals surface area (Å²) >= 11 is 0. The van der Waals surface area contributed by atoms with Crippen LogP contribution in [-0.2, 0) is 4.79 Å². The molecular weight excluding hydrogens is 240 g/mol. The number of aryl methyl sites for hydroxylation is 1. The third kappa shape index (κ3) is 2.14. The molecule has 19 heavy (non-hydrogen) atoms. The van der Waals surface area contributed by atoms with Crippen LogP contribution in [-0.4, -0.2) is 11.1 Å². The number of carbonyl (C=O) groups is 1. The number of rotatable bonds is 2. The summed E-state index contributed by atoms with van der Waals surface area (Å²) in [6.45, 7) is 2.01. The van der Waals surface area contributed by atoms with Crippen LogP contribution in [0.5, 0.6) is 0 Å². The van der Waals surface area contributed by atoms with E-state index >= 15 is 0 Å². The van der Waals surface area contributed by atoms with Crippen LogP contribution >= 0.6 is 0 Å². The zero-order chi connectivity index (χ0) is 13.4. The minimum atomic E-state index is -0.646. The molecule has 1 fully saturated rings. The molecule has 1 aliphatic rings. The van der Waals surface area contributed by atoms with Gasteiger partial charge in [0.1, 0.15) is 11.3 Å². The highest BCUT2D eigenvalue weighted by Gasteiger charge is 2.29. The lowest BCUT2D eigenvalue weighted by molar-refractivity contribution is -0.142. The Morgan fingerprint density at radius 2 is 1.89 bits per heavy atom. The SMILES string of the molecule is Cc1oc2ccccc2c1C1CCC(C(=O)O)CC1.